The van der Waals surface area contributed by atoms with Crippen LogP contribution in [0.25, 0.3) is 0 Å². The first-order valence-corrected chi connectivity index (χ1v) is 6.78. The molecule has 5 nitrogen and oxygen atoms in total. The zero-order valence-corrected chi connectivity index (χ0v) is 13.0. The molecule has 1 aromatic rings. The Morgan fingerprint density at radius 1 is 1.09 bits per heavy atom. The van der Waals surface area contributed by atoms with E-state index in [1.165, 1.54) is 12.1 Å². The van der Waals surface area contributed by atoms with Crippen molar-refractivity contribution in [3.63, 3.8) is 0 Å². The first kappa shape index (κ1) is 18.8. The number of nitrogens with one attached hydrogen (secondary N) is 1. The van der Waals surface area contributed by atoms with E-state index in [0.29, 0.717) is 5.56 Å². The molecule has 0 saturated heterocycles. The van der Waals surface area contributed by atoms with Gasteiger partial charge in [-0.05, 0) is 38.5 Å². The van der Waals surface area contributed by atoms with Crippen molar-refractivity contribution in [3.05, 3.63) is 29.8 Å². The number of halogens is 3. The van der Waals surface area contributed by atoms with Gasteiger partial charge in [0.05, 0.1) is 6.54 Å². The summed E-state index contributed by atoms with van der Waals surface area (Å²) in [7, 11) is 0. The molecule has 1 amide bonds. The molecule has 1 aromatic carbocycles. The molecule has 0 unspecified atom stereocenters. The third-order valence-corrected chi connectivity index (χ3v) is 2.39. The predicted octanol–water partition coefficient (Wildman–Crippen LogP) is 3.22. The number of alkyl carbamates (subject to hydrolysis) is 1. The van der Waals surface area contributed by atoms with Crippen LogP contribution in [-0.4, -0.2) is 30.4 Å². The van der Waals surface area contributed by atoms with E-state index >= 15 is 0 Å². The highest BCUT2D eigenvalue weighted by molar-refractivity contribution is 5.85. The van der Waals surface area contributed by atoms with Crippen molar-refractivity contribution in [2.75, 3.05) is 6.54 Å². The zero-order valence-electron chi connectivity index (χ0n) is 13.0. The molecule has 0 heterocycles. The number of benzene rings is 1. The number of hydrogen-bond acceptors (Lipinski definition) is 4. The smallest absolute Gasteiger partial charge is 0.444 e. The van der Waals surface area contributed by atoms with Crippen molar-refractivity contribution in [1.82, 2.24) is 5.32 Å². The Labute approximate surface area is 131 Å². The largest absolute Gasteiger partial charge is 0.573 e. The van der Waals surface area contributed by atoms with Gasteiger partial charge in [0.25, 0.3) is 0 Å². The Hall–Kier alpha value is -2.25. The highest BCUT2D eigenvalue weighted by Crippen LogP contribution is 2.22. The van der Waals surface area contributed by atoms with E-state index in [0.717, 1.165) is 12.1 Å². The summed E-state index contributed by atoms with van der Waals surface area (Å²) in [5.41, 5.74) is -0.155. The third kappa shape index (κ3) is 8.70. The van der Waals surface area contributed by atoms with Crippen LogP contribution in [0.5, 0.6) is 5.75 Å². The maximum absolute atomic E-state index is 12.0. The number of alkyl halides is 3. The van der Waals surface area contributed by atoms with Crippen molar-refractivity contribution < 1.29 is 32.2 Å². The minimum absolute atomic E-state index is 0.0257. The van der Waals surface area contributed by atoms with Crippen LogP contribution in [0.2, 0.25) is 0 Å². The fourth-order valence-electron chi connectivity index (χ4n) is 1.58. The highest BCUT2D eigenvalue weighted by atomic mass is 19.4. The molecule has 0 bridgehead atoms. The molecular weight excluding hydrogens is 315 g/mol. The summed E-state index contributed by atoms with van der Waals surface area (Å²) in [5, 5.41) is 2.32. The summed E-state index contributed by atoms with van der Waals surface area (Å²) in [5.74, 6) is -0.666. The highest BCUT2D eigenvalue weighted by Gasteiger charge is 2.30. The van der Waals surface area contributed by atoms with Crippen molar-refractivity contribution in [2.24, 2.45) is 0 Å². The molecule has 23 heavy (non-hydrogen) atoms. The van der Waals surface area contributed by atoms with Gasteiger partial charge in [-0.2, -0.15) is 0 Å². The van der Waals surface area contributed by atoms with Crippen LogP contribution in [0.15, 0.2) is 24.3 Å². The normalized spacial score (nSPS) is 11.7. The average Bonchev–Trinajstić information content (AvgIpc) is 2.35. The summed E-state index contributed by atoms with van der Waals surface area (Å²) < 4.78 is 44.8. The average molecular weight is 333 g/mol. The maximum atomic E-state index is 12.0. The number of ether oxygens (including phenoxy) is 2. The number of Topliss-reactive ketones (excluding diaryl/α,β-unsaturated/α-hetero) is 1. The molecule has 0 fully saturated rings. The molecule has 1 N–H and O–H groups in total. The van der Waals surface area contributed by atoms with Gasteiger partial charge in [-0.3, -0.25) is 4.79 Å². The first-order chi connectivity index (χ1) is 10.4. The summed E-state index contributed by atoms with van der Waals surface area (Å²) in [6.45, 7) is 4.85. The van der Waals surface area contributed by atoms with Crippen LogP contribution in [0.3, 0.4) is 0 Å². The fourth-order valence-corrected chi connectivity index (χ4v) is 1.58. The number of carbonyl (C=O) groups excluding carboxylic acids is 2. The third-order valence-electron chi connectivity index (χ3n) is 2.39. The Bertz CT molecular complexity index is 547. The standard InChI is InChI=1S/C15H18F3NO4/c1-14(2,3)23-13(21)19-9-11(20)8-10-4-6-12(7-5-10)22-15(16,17)18/h4-7H,8-9H2,1-3H3,(H,19,21). The summed E-state index contributed by atoms with van der Waals surface area (Å²) >= 11 is 0. The quantitative estimate of drug-likeness (QED) is 0.898. The lowest BCUT2D eigenvalue weighted by atomic mass is 10.1. The van der Waals surface area contributed by atoms with Crippen LogP contribution in [0.4, 0.5) is 18.0 Å². The number of ketones is 1. The number of rotatable bonds is 5. The van der Waals surface area contributed by atoms with Gasteiger partial charge in [0.15, 0.2) is 5.78 Å². The predicted molar refractivity (Wildman–Crippen MR) is 76.1 cm³/mol. The molecule has 0 aliphatic rings. The molecule has 0 saturated carbocycles. The van der Waals surface area contributed by atoms with Gasteiger partial charge in [-0.25, -0.2) is 4.79 Å². The molecule has 8 heteroatoms. The number of carbonyl (C=O) groups is 2. The molecule has 0 aliphatic heterocycles. The lowest BCUT2D eigenvalue weighted by molar-refractivity contribution is -0.274. The fraction of sp³-hybridized carbons (Fsp3) is 0.467. The molecular formula is C15H18F3NO4. The SMILES string of the molecule is CC(C)(C)OC(=O)NCC(=O)Cc1ccc(OC(F)(F)F)cc1. The molecule has 0 spiro atoms. The lowest BCUT2D eigenvalue weighted by Crippen LogP contribution is -2.35. The van der Waals surface area contributed by atoms with E-state index in [1.54, 1.807) is 20.8 Å². The minimum Gasteiger partial charge on any atom is -0.444 e. The van der Waals surface area contributed by atoms with Crippen LogP contribution in [0.1, 0.15) is 26.3 Å². The van der Waals surface area contributed by atoms with Crippen LogP contribution < -0.4 is 10.1 Å². The molecule has 1 rings (SSSR count). The van der Waals surface area contributed by atoms with Crippen molar-refractivity contribution in [1.29, 1.82) is 0 Å². The summed E-state index contributed by atoms with van der Waals surface area (Å²) in [6.07, 6.45) is -5.49. The minimum atomic E-state index is -4.76. The van der Waals surface area contributed by atoms with Gasteiger partial charge < -0.3 is 14.8 Å². The van der Waals surface area contributed by atoms with E-state index < -0.39 is 18.1 Å². The van der Waals surface area contributed by atoms with E-state index in [-0.39, 0.29) is 24.5 Å². The van der Waals surface area contributed by atoms with E-state index in [1.807, 2.05) is 0 Å². The summed E-state index contributed by atoms with van der Waals surface area (Å²) in [6, 6.07) is 4.95. The molecule has 0 radical (unpaired) electrons. The van der Waals surface area contributed by atoms with Crippen LogP contribution in [-0.2, 0) is 16.0 Å². The lowest BCUT2D eigenvalue weighted by Gasteiger charge is -2.19. The monoisotopic (exact) mass is 333 g/mol. The van der Waals surface area contributed by atoms with Gasteiger partial charge in [0.2, 0.25) is 0 Å². The van der Waals surface area contributed by atoms with Crippen molar-refractivity contribution in [2.45, 2.75) is 39.2 Å². The molecule has 0 aliphatic carbocycles. The number of amides is 1. The van der Waals surface area contributed by atoms with Gasteiger partial charge >= 0.3 is 12.5 Å². The Balaban J connectivity index is 2.44. The first-order valence-electron chi connectivity index (χ1n) is 6.78. The Morgan fingerprint density at radius 2 is 1.65 bits per heavy atom. The van der Waals surface area contributed by atoms with Crippen molar-refractivity contribution >= 4 is 11.9 Å². The second-order valence-corrected chi connectivity index (χ2v) is 5.76. The van der Waals surface area contributed by atoms with E-state index in [2.05, 4.69) is 10.1 Å². The second-order valence-electron chi connectivity index (χ2n) is 5.76. The van der Waals surface area contributed by atoms with Crippen LogP contribution >= 0.6 is 0 Å². The molecule has 0 atom stereocenters. The maximum Gasteiger partial charge on any atom is 0.573 e. The van der Waals surface area contributed by atoms with Crippen molar-refractivity contribution in [3.8, 4) is 5.75 Å². The zero-order chi connectivity index (χ0) is 17.7. The van der Waals surface area contributed by atoms with Crippen LogP contribution in [0, 0.1) is 0 Å². The topological polar surface area (TPSA) is 64.6 Å². The number of hydrogen-bond donors (Lipinski definition) is 1. The molecule has 0 aromatic heterocycles. The Morgan fingerprint density at radius 3 is 2.13 bits per heavy atom. The van der Waals surface area contributed by atoms with E-state index in [9.17, 15) is 22.8 Å². The summed E-state index contributed by atoms with van der Waals surface area (Å²) in [4.78, 5) is 23.1. The Kier molecular flexibility index (Phi) is 6.00. The van der Waals surface area contributed by atoms with Gasteiger partial charge in [-0.15, -0.1) is 13.2 Å². The van der Waals surface area contributed by atoms with E-state index in [4.69, 9.17) is 4.74 Å². The van der Waals surface area contributed by atoms with Gasteiger partial charge in [-0.1, -0.05) is 12.1 Å². The molecule has 128 valence electrons. The van der Waals surface area contributed by atoms with Gasteiger partial charge in [0.1, 0.15) is 11.4 Å². The second kappa shape index (κ2) is 7.34. The van der Waals surface area contributed by atoms with Gasteiger partial charge in [0, 0.05) is 6.42 Å².